The van der Waals surface area contributed by atoms with Crippen molar-refractivity contribution in [3.8, 4) is 0 Å². The van der Waals surface area contributed by atoms with Crippen LogP contribution >= 0.6 is 0 Å². The number of hydrogen-bond acceptors (Lipinski definition) is 4. The lowest BCUT2D eigenvalue weighted by Gasteiger charge is -2.15. The van der Waals surface area contributed by atoms with Crippen molar-refractivity contribution in [2.75, 3.05) is 19.8 Å². The van der Waals surface area contributed by atoms with Gasteiger partial charge in [0.25, 0.3) is 0 Å². The van der Waals surface area contributed by atoms with E-state index in [0.29, 0.717) is 13.0 Å². The molecule has 0 aliphatic heterocycles. The van der Waals surface area contributed by atoms with Crippen LogP contribution in [-0.2, 0) is 14.8 Å². The Bertz CT molecular complexity index is 290. The quantitative estimate of drug-likeness (QED) is 0.483. The minimum Gasteiger partial charge on any atom is -0.358 e. The Labute approximate surface area is 90.7 Å². The molecule has 0 bridgehead atoms. The molecule has 6 nitrogen and oxygen atoms in total. The van der Waals surface area contributed by atoms with Gasteiger partial charge in [-0.25, -0.2) is 13.1 Å². The summed E-state index contributed by atoms with van der Waals surface area (Å²) in [6.45, 7) is 0.541. The average Bonchev–Trinajstić information content (AvgIpc) is 2.13. The van der Waals surface area contributed by atoms with Gasteiger partial charge in [-0.1, -0.05) is 6.42 Å². The van der Waals surface area contributed by atoms with Crippen molar-refractivity contribution >= 4 is 15.9 Å². The van der Waals surface area contributed by atoms with Crippen LogP contribution in [0.15, 0.2) is 0 Å². The van der Waals surface area contributed by atoms with Gasteiger partial charge < -0.3 is 11.1 Å². The third kappa shape index (κ3) is 7.29. The summed E-state index contributed by atoms with van der Waals surface area (Å²) in [6, 6.07) is -0.698. The molecule has 0 aromatic carbocycles. The Kier molecular flexibility index (Phi) is 6.46. The van der Waals surface area contributed by atoms with Crippen molar-refractivity contribution in [2.45, 2.75) is 25.3 Å². The largest absolute Gasteiger partial charge is 0.358 e. The lowest BCUT2D eigenvalue weighted by atomic mass is 10.1. The highest BCUT2D eigenvalue weighted by molar-refractivity contribution is 7.88. The molecule has 0 fully saturated rings. The maximum atomic E-state index is 11.3. The number of likely N-dealkylation sites (N-methyl/N-ethyl adjacent to an activating group) is 1. The summed E-state index contributed by atoms with van der Waals surface area (Å²) >= 11 is 0. The molecular formula is C8H19N3O3S. The summed E-state index contributed by atoms with van der Waals surface area (Å²) in [6.07, 6.45) is 2.99. The maximum Gasteiger partial charge on any atom is 0.237 e. The lowest BCUT2D eigenvalue weighted by Crippen LogP contribution is -2.45. The van der Waals surface area contributed by atoms with Gasteiger partial charge in [-0.15, -0.1) is 0 Å². The third-order valence-electron chi connectivity index (χ3n) is 1.87. The second-order valence-electron chi connectivity index (χ2n) is 3.34. The van der Waals surface area contributed by atoms with E-state index in [4.69, 9.17) is 5.73 Å². The zero-order valence-corrected chi connectivity index (χ0v) is 9.93. The van der Waals surface area contributed by atoms with Crippen LogP contribution in [0.4, 0.5) is 0 Å². The van der Waals surface area contributed by atoms with E-state index < -0.39 is 16.1 Å². The van der Waals surface area contributed by atoms with Crippen LogP contribution in [-0.4, -0.2) is 40.2 Å². The zero-order valence-electron chi connectivity index (χ0n) is 9.12. The third-order valence-corrected chi connectivity index (χ3v) is 2.58. The fourth-order valence-electron chi connectivity index (χ4n) is 1.17. The van der Waals surface area contributed by atoms with Gasteiger partial charge in [0.1, 0.15) is 6.04 Å². The van der Waals surface area contributed by atoms with Crippen molar-refractivity contribution < 1.29 is 13.2 Å². The highest BCUT2D eigenvalue weighted by Crippen LogP contribution is 2.01. The molecule has 0 saturated carbocycles. The van der Waals surface area contributed by atoms with E-state index in [1.54, 1.807) is 0 Å². The Balaban J connectivity index is 4.26. The summed E-state index contributed by atoms with van der Waals surface area (Å²) < 4.78 is 24.2. The van der Waals surface area contributed by atoms with Crippen molar-refractivity contribution in [2.24, 2.45) is 5.73 Å². The maximum absolute atomic E-state index is 11.3. The van der Waals surface area contributed by atoms with E-state index in [1.807, 2.05) is 0 Å². The van der Waals surface area contributed by atoms with Gasteiger partial charge in [0.05, 0.1) is 6.26 Å². The Morgan fingerprint density at radius 2 is 2.00 bits per heavy atom. The molecule has 1 atom stereocenters. The van der Waals surface area contributed by atoms with Crippen molar-refractivity contribution in [3.63, 3.8) is 0 Å². The average molecular weight is 237 g/mol. The number of amides is 1. The Morgan fingerprint density at radius 3 is 2.40 bits per heavy atom. The van der Waals surface area contributed by atoms with E-state index in [-0.39, 0.29) is 5.91 Å². The molecule has 0 aromatic rings. The van der Waals surface area contributed by atoms with Crippen molar-refractivity contribution in [1.82, 2.24) is 10.0 Å². The first-order chi connectivity index (χ1) is 6.90. The molecule has 0 spiro atoms. The first-order valence-electron chi connectivity index (χ1n) is 4.79. The Hall–Kier alpha value is -0.660. The predicted molar refractivity (Wildman–Crippen MR) is 58.7 cm³/mol. The summed E-state index contributed by atoms with van der Waals surface area (Å²) in [5, 5.41) is 2.42. The molecule has 0 aromatic heterocycles. The molecule has 0 rings (SSSR count). The molecule has 7 heteroatoms. The predicted octanol–water partition coefficient (Wildman–Crippen LogP) is -1.22. The number of sulfonamides is 1. The number of carbonyl (C=O) groups is 1. The highest BCUT2D eigenvalue weighted by atomic mass is 32.2. The van der Waals surface area contributed by atoms with Crippen LogP contribution in [0.1, 0.15) is 19.3 Å². The molecule has 0 aliphatic carbocycles. The molecule has 0 heterocycles. The minimum absolute atomic E-state index is 0.322. The topological polar surface area (TPSA) is 101 Å². The fourth-order valence-corrected chi connectivity index (χ4v) is 1.91. The summed E-state index contributed by atoms with van der Waals surface area (Å²) in [7, 11) is -1.88. The van der Waals surface area contributed by atoms with Crippen LogP contribution in [0.5, 0.6) is 0 Å². The van der Waals surface area contributed by atoms with Gasteiger partial charge in [0.15, 0.2) is 0 Å². The van der Waals surface area contributed by atoms with E-state index in [1.165, 1.54) is 7.05 Å². The lowest BCUT2D eigenvalue weighted by molar-refractivity contribution is -0.122. The SMILES string of the molecule is CNC(=O)[C@H](CCCCN)NS(C)(=O)=O. The molecule has 0 radical (unpaired) electrons. The number of nitrogens with two attached hydrogens (primary N) is 1. The van der Waals surface area contributed by atoms with Gasteiger partial charge in [-0.2, -0.15) is 0 Å². The van der Waals surface area contributed by atoms with Crippen LogP contribution in [0.3, 0.4) is 0 Å². The second kappa shape index (κ2) is 6.76. The molecule has 15 heavy (non-hydrogen) atoms. The van der Waals surface area contributed by atoms with Crippen molar-refractivity contribution in [3.05, 3.63) is 0 Å². The fraction of sp³-hybridized carbons (Fsp3) is 0.875. The van der Waals surface area contributed by atoms with Crippen LogP contribution in [0, 0.1) is 0 Å². The van der Waals surface area contributed by atoms with Gasteiger partial charge in [-0.05, 0) is 19.4 Å². The minimum atomic E-state index is -3.36. The van der Waals surface area contributed by atoms with E-state index in [2.05, 4.69) is 10.0 Å². The van der Waals surface area contributed by atoms with Gasteiger partial charge in [0, 0.05) is 7.05 Å². The van der Waals surface area contributed by atoms with Crippen LogP contribution < -0.4 is 15.8 Å². The molecule has 0 unspecified atom stereocenters. The second-order valence-corrected chi connectivity index (χ2v) is 5.12. The summed E-state index contributed by atoms with van der Waals surface area (Å²) in [5.74, 6) is -0.322. The molecule has 0 aliphatic rings. The monoisotopic (exact) mass is 237 g/mol. The zero-order chi connectivity index (χ0) is 11.9. The molecule has 1 amide bonds. The Morgan fingerprint density at radius 1 is 1.40 bits per heavy atom. The van der Waals surface area contributed by atoms with Gasteiger partial charge >= 0.3 is 0 Å². The number of rotatable bonds is 7. The van der Waals surface area contributed by atoms with Gasteiger partial charge in [-0.3, -0.25) is 4.79 Å². The first-order valence-corrected chi connectivity index (χ1v) is 6.69. The molecule has 0 saturated heterocycles. The van der Waals surface area contributed by atoms with Crippen molar-refractivity contribution in [1.29, 1.82) is 0 Å². The highest BCUT2D eigenvalue weighted by Gasteiger charge is 2.20. The van der Waals surface area contributed by atoms with Gasteiger partial charge in [0.2, 0.25) is 15.9 Å². The normalized spacial score (nSPS) is 13.5. The van der Waals surface area contributed by atoms with E-state index in [0.717, 1.165) is 19.1 Å². The summed E-state index contributed by atoms with van der Waals surface area (Å²) in [4.78, 5) is 11.3. The number of hydrogen-bond donors (Lipinski definition) is 3. The molecular weight excluding hydrogens is 218 g/mol. The van der Waals surface area contributed by atoms with Crippen LogP contribution in [0.25, 0.3) is 0 Å². The number of nitrogens with one attached hydrogen (secondary N) is 2. The van der Waals surface area contributed by atoms with E-state index >= 15 is 0 Å². The smallest absolute Gasteiger partial charge is 0.237 e. The summed E-state index contributed by atoms with van der Waals surface area (Å²) in [5.41, 5.74) is 5.31. The molecule has 90 valence electrons. The van der Waals surface area contributed by atoms with Crippen LogP contribution in [0.2, 0.25) is 0 Å². The van der Waals surface area contributed by atoms with E-state index in [9.17, 15) is 13.2 Å². The first kappa shape index (κ1) is 14.3. The molecule has 4 N–H and O–H groups in total. The number of unbranched alkanes of at least 4 members (excludes halogenated alkanes) is 1. The standard InChI is InChI=1S/C8H19N3O3S/c1-10-8(12)7(5-3-4-6-9)11-15(2,13)14/h7,11H,3-6,9H2,1-2H3,(H,10,12)/t7-/m0/s1. The number of carbonyl (C=O) groups excluding carboxylic acids is 1.